The lowest BCUT2D eigenvalue weighted by Gasteiger charge is -2.09. The Morgan fingerprint density at radius 1 is 1.44 bits per heavy atom. The van der Waals surface area contributed by atoms with Crippen molar-refractivity contribution in [3.8, 4) is 0 Å². The van der Waals surface area contributed by atoms with Crippen LogP contribution >= 0.6 is 0 Å². The minimum Gasteiger partial charge on any atom is -0.383 e. The molecule has 0 heterocycles. The fourth-order valence-electron chi connectivity index (χ4n) is 1.12. The largest absolute Gasteiger partial charge is 0.383 e. The molecule has 0 aliphatic carbocycles. The second-order valence-electron chi connectivity index (χ2n) is 3.39. The molecule has 1 rings (SSSR count). The highest BCUT2D eigenvalue weighted by atomic mass is 16.6. The molecule has 0 spiro atoms. The Bertz CT molecular complexity index is 414. The maximum Gasteiger partial charge on any atom is 0.178 e. The van der Waals surface area contributed by atoms with Gasteiger partial charge in [0.2, 0.25) is 0 Å². The smallest absolute Gasteiger partial charge is 0.178 e. The number of hydrogen-bond acceptors (Lipinski definition) is 2. The first-order chi connectivity index (χ1) is 7.74. The van der Waals surface area contributed by atoms with E-state index in [1.807, 2.05) is 37.3 Å². The van der Waals surface area contributed by atoms with Crippen molar-refractivity contribution in [3.63, 3.8) is 0 Å². The van der Waals surface area contributed by atoms with Crippen LogP contribution in [-0.4, -0.2) is 6.21 Å². The number of allylic oxidation sites excluding steroid dienone is 1. The van der Waals surface area contributed by atoms with Gasteiger partial charge >= 0.3 is 0 Å². The normalized spacial score (nSPS) is 11.8. The molecule has 1 aromatic carbocycles. The molecule has 0 aliphatic rings. The zero-order chi connectivity index (χ0) is 11.8. The van der Waals surface area contributed by atoms with E-state index in [2.05, 4.69) is 24.0 Å². The van der Waals surface area contributed by atoms with Crippen molar-refractivity contribution in [1.29, 1.82) is 0 Å². The van der Waals surface area contributed by atoms with Crippen molar-refractivity contribution in [2.45, 2.75) is 13.0 Å². The first-order valence-corrected chi connectivity index (χ1v) is 4.99. The molecule has 1 atom stereocenters. The topological polar surface area (TPSA) is 21.6 Å². The quantitative estimate of drug-likeness (QED) is 0.415. The van der Waals surface area contributed by atoms with Gasteiger partial charge in [0.25, 0.3) is 0 Å². The molecule has 0 aliphatic heterocycles. The Morgan fingerprint density at radius 3 is 2.69 bits per heavy atom. The summed E-state index contributed by atoms with van der Waals surface area (Å²) in [6.07, 6.45) is 3.05. The van der Waals surface area contributed by atoms with Crippen LogP contribution in [0.3, 0.4) is 0 Å². The van der Waals surface area contributed by atoms with Gasteiger partial charge in [-0.15, -0.1) is 5.73 Å². The van der Waals surface area contributed by atoms with Crippen molar-refractivity contribution >= 4 is 6.21 Å². The van der Waals surface area contributed by atoms with Gasteiger partial charge in [0.1, 0.15) is 0 Å². The zero-order valence-electron chi connectivity index (χ0n) is 9.39. The molecule has 0 aromatic heterocycles. The third kappa shape index (κ3) is 3.99. The summed E-state index contributed by atoms with van der Waals surface area (Å²) < 4.78 is 0. The van der Waals surface area contributed by atoms with E-state index in [4.69, 9.17) is 4.84 Å². The zero-order valence-corrected chi connectivity index (χ0v) is 9.39. The van der Waals surface area contributed by atoms with Gasteiger partial charge in [0.05, 0.1) is 6.21 Å². The molecule has 1 unspecified atom stereocenters. The maximum absolute atomic E-state index is 5.33. The van der Waals surface area contributed by atoms with Gasteiger partial charge in [-0.05, 0) is 18.1 Å². The molecule has 16 heavy (non-hydrogen) atoms. The second kappa shape index (κ2) is 6.44. The molecule has 0 amide bonds. The van der Waals surface area contributed by atoms with E-state index in [1.54, 1.807) is 12.3 Å². The first kappa shape index (κ1) is 12.0. The first-order valence-electron chi connectivity index (χ1n) is 4.99. The van der Waals surface area contributed by atoms with Crippen LogP contribution in [0, 0.1) is 0 Å². The minimum absolute atomic E-state index is 0.255. The van der Waals surface area contributed by atoms with Crippen LogP contribution in [0.25, 0.3) is 0 Å². The van der Waals surface area contributed by atoms with Gasteiger partial charge in [0, 0.05) is 6.08 Å². The van der Waals surface area contributed by atoms with Crippen LogP contribution in [0.15, 0.2) is 66.0 Å². The molecule has 0 N–H and O–H groups in total. The number of rotatable bonds is 5. The molecule has 0 fully saturated rings. The summed E-state index contributed by atoms with van der Waals surface area (Å²) >= 11 is 0. The predicted octanol–water partition coefficient (Wildman–Crippen LogP) is 3.65. The minimum atomic E-state index is -0.255. The van der Waals surface area contributed by atoms with Crippen LogP contribution in [-0.2, 0) is 4.84 Å². The maximum atomic E-state index is 5.33. The van der Waals surface area contributed by atoms with Crippen molar-refractivity contribution < 1.29 is 4.84 Å². The van der Waals surface area contributed by atoms with E-state index in [9.17, 15) is 0 Å². The van der Waals surface area contributed by atoms with Crippen molar-refractivity contribution in [2.24, 2.45) is 5.16 Å². The molecule has 0 saturated carbocycles. The third-order valence-electron chi connectivity index (χ3n) is 1.84. The SMILES string of the molecule is C=C=CC(O/N=C/C(=C)C)c1ccccc1. The van der Waals surface area contributed by atoms with E-state index in [0.29, 0.717) is 0 Å². The molecule has 2 nitrogen and oxygen atoms in total. The van der Waals surface area contributed by atoms with Gasteiger partial charge < -0.3 is 4.84 Å². The van der Waals surface area contributed by atoms with Crippen molar-refractivity contribution in [2.75, 3.05) is 0 Å². The molecule has 0 saturated heterocycles. The lowest BCUT2D eigenvalue weighted by molar-refractivity contribution is 0.0944. The van der Waals surface area contributed by atoms with E-state index in [1.165, 1.54) is 0 Å². The Kier molecular flexibility index (Phi) is 4.84. The summed E-state index contributed by atoms with van der Waals surface area (Å²) in [6.45, 7) is 9.10. The molecule has 1 aromatic rings. The standard InChI is InChI=1S/C14H15NO/c1-4-8-14(16-15-11-12(2)3)13-9-6-5-7-10-13/h5-11,14H,1-2H2,3H3/b15-11+. The summed E-state index contributed by atoms with van der Waals surface area (Å²) in [6, 6.07) is 9.79. The van der Waals surface area contributed by atoms with Gasteiger partial charge in [-0.25, -0.2) is 0 Å². The fourth-order valence-corrected chi connectivity index (χ4v) is 1.12. The summed E-state index contributed by atoms with van der Waals surface area (Å²) in [4.78, 5) is 5.33. The highest BCUT2D eigenvalue weighted by molar-refractivity contribution is 5.76. The fraction of sp³-hybridized carbons (Fsp3) is 0.143. The van der Waals surface area contributed by atoms with Crippen molar-refractivity contribution in [1.82, 2.24) is 0 Å². The van der Waals surface area contributed by atoms with Gasteiger partial charge in [-0.3, -0.25) is 0 Å². The molecule has 2 heteroatoms. The molecule has 82 valence electrons. The van der Waals surface area contributed by atoms with Crippen LogP contribution < -0.4 is 0 Å². The second-order valence-corrected chi connectivity index (χ2v) is 3.39. The Balaban J connectivity index is 2.76. The van der Waals surface area contributed by atoms with Crippen molar-refractivity contribution in [3.05, 3.63) is 66.4 Å². The predicted molar refractivity (Wildman–Crippen MR) is 67.3 cm³/mol. The Morgan fingerprint density at radius 2 is 2.12 bits per heavy atom. The molecular formula is C14H15NO. The summed E-state index contributed by atoms with van der Waals surface area (Å²) in [5, 5.41) is 3.84. The van der Waals surface area contributed by atoms with Gasteiger partial charge in [0.15, 0.2) is 6.10 Å². The van der Waals surface area contributed by atoms with E-state index in [-0.39, 0.29) is 6.10 Å². The lowest BCUT2D eigenvalue weighted by atomic mass is 10.1. The number of benzene rings is 1. The molecular weight excluding hydrogens is 198 g/mol. The van der Waals surface area contributed by atoms with Crippen LogP contribution in [0.2, 0.25) is 0 Å². The highest BCUT2D eigenvalue weighted by Crippen LogP contribution is 2.18. The highest BCUT2D eigenvalue weighted by Gasteiger charge is 2.07. The van der Waals surface area contributed by atoms with Gasteiger partial charge in [-0.2, -0.15) is 0 Å². The summed E-state index contributed by atoms with van der Waals surface area (Å²) in [5.74, 6) is 0. The van der Waals surface area contributed by atoms with Gasteiger partial charge in [-0.1, -0.05) is 48.6 Å². The summed E-state index contributed by atoms with van der Waals surface area (Å²) in [7, 11) is 0. The number of oxime groups is 1. The third-order valence-corrected chi connectivity index (χ3v) is 1.84. The Labute approximate surface area is 96.2 Å². The molecule has 0 bridgehead atoms. The number of hydrogen-bond donors (Lipinski definition) is 0. The Hall–Kier alpha value is -2.05. The van der Waals surface area contributed by atoms with E-state index < -0.39 is 0 Å². The van der Waals surface area contributed by atoms with Crippen LogP contribution in [0.1, 0.15) is 18.6 Å². The van der Waals surface area contributed by atoms with E-state index in [0.717, 1.165) is 11.1 Å². The van der Waals surface area contributed by atoms with Crippen LogP contribution in [0.5, 0.6) is 0 Å². The van der Waals surface area contributed by atoms with Crippen LogP contribution in [0.4, 0.5) is 0 Å². The lowest BCUT2D eigenvalue weighted by Crippen LogP contribution is -1.96. The summed E-state index contributed by atoms with van der Waals surface area (Å²) in [5.41, 5.74) is 4.56. The molecule has 0 radical (unpaired) electrons. The van der Waals surface area contributed by atoms with E-state index >= 15 is 0 Å². The average Bonchev–Trinajstić information content (AvgIpc) is 2.29. The average molecular weight is 213 g/mol. The number of nitrogens with zero attached hydrogens (tertiary/aromatic N) is 1. The monoisotopic (exact) mass is 213 g/mol.